The maximum atomic E-state index is 12.3. The highest BCUT2D eigenvalue weighted by Gasteiger charge is 2.38. The van der Waals surface area contributed by atoms with E-state index in [0.29, 0.717) is 24.3 Å². The van der Waals surface area contributed by atoms with Crippen molar-refractivity contribution in [2.75, 3.05) is 26.2 Å². The standard InChI is InChI=1S/C14H18N4O2/c15-6-10-5-11(16-7-10)14(20)18-8-12(13(19)9-18)17-3-1-2-4-17/h5,7,12-13,16,19H,1-4,8-9H2/t12-,13-/m0/s1. The van der Waals surface area contributed by atoms with Crippen molar-refractivity contribution in [1.82, 2.24) is 14.8 Å². The first-order valence-electron chi connectivity index (χ1n) is 6.99. The number of amides is 1. The average molecular weight is 274 g/mol. The quantitative estimate of drug-likeness (QED) is 0.805. The van der Waals surface area contributed by atoms with Gasteiger partial charge in [-0.25, -0.2) is 0 Å². The van der Waals surface area contributed by atoms with E-state index in [9.17, 15) is 9.90 Å². The smallest absolute Gasteiger partial charge is 0.270 e. The van der Waals surface area contributed by atoms with Gasteiger partial charge in [-0.05, 0) is 32.0 Å². The Morgan fingerprint density at radius 1 is 1.40 bits per heavy atom. The van der Waals surface area contributed by atoms with Gasteiger partial charge in [0.2, 0.25) is 0 Å². The van der Waals surface area contributed by atoms with Gasteiger partial charge in [0.25, 0.3) is 5.91 Å². The fourth-order valence-electron chi connectivity index (χ4n) is 3.12. The van der Waals surface area contributed by atoms with Crippen LogP contribution in [0.4, 0.5) is 0 Å². The molecule has 2 N–H and O–H groups in total. The summed E-state index contributed by atoms with van der Waals surface area (Å²) in [5.74, 6) is -0.146. The number of nitrogens with zero attached hydrogens (tertiary/aromatic N) is 3. The summed E-state index contributed by atoms with van der Waals surface area (Å²) in [6, 6.07) is 3.60. The molecule has 3 rings (SSSR count). The molecule has 1 aromatic rings. The number of β-amino-alcohol motifs (C(OH)–C–C–N with tert-alkyl or cyclic N) is 1. The van der Waals surface area contributed by atoms with Crippen LogP contribution in [0, 0.1) is 11.3 Å². The van der Waals surface area contributed by atoms with Gasteiger partial charge in [-0.15, -0.1) is 0 Å². The molecule has 3 heterocycles. The van der Waals surface area contributed by atoms with E-state index in [1.165, 1.54) is 19.0 Å². The van der Waals surface area contributed by atoms with Crippen LogP contribution >= 0.6 is 0 Å². The number of rotatable bonds is 2. The molecule has 0 radical (unpaired) electrons. The molecule has 6 nitrogen and oxygen atoms in total. The Hall–Kier alpha value is -1.84. The van der Waals surface area contributed by atoms with Gasteiger partial charge in [0.1, 0.15) is 11.8 Å². The second-order valence-electron chi connectivity index (χ2n) is 5.50. The zero-order chi connectivity index (χ0) is 14.1. The van der Waals surface area contributed by atoms with Gasteiger partial charge in [0, 0.05) is 19.3 Å². The topological polar surface area (TPSA) is 83.4 Å². The summed E-state index contributed by atoms with van der Waals surface area (Å²) >= 11 is 0. The molecule has 2 fully saturated rings. The molecular formula is C14H18N4O2. The van der Waals surface area contributed by atoms with Crippen LogP contribution in [-0.2, 0) is 0 Å². The predicted molar refractivity (Wildman–Crippen MR) is 72.0 cm³/mol. The highest BCUT2D eigenvalue weighted by molar-refractivity contribution is 5.93. The maximum Gasteiger partial charge on any atom is 0.270 e. The Kier molecular flexibility index (Phi) is 3.47. The molecule has 1 aromatic heterocycles. The van der Waals surface area contributed by atoms with Gasteiger partial charge in [-0.2, -0.15) is 5.26 Å². The molecule has 20 heavy (non-hydrogen) atoms. The number of aliphatic hydroxyl groups is 1. The lowest BCUT2D eigenvalue weighted by Gasteiger charge is -2.25. The molecule has 1 amide bonds. The van der Waals surface area contributed by atoms with Crippen molar-refractivity contribution in [3.63, 3.8) is 0 Å². The van der Waals surface area contributed by atoms with Crippen LogP contribution in [0.5, 0.6) is 0 Å². The highest BCUT2D eigenvalue weighted by atomic mass is 16.3. The number of likely N-dealkylation sites (tertiary alicyclic amines) is 2. The molecule has 106 valence electrons. The first-order valence-corrected chi connectivity index (χ1v) is 6.99. The van der Waals surface area contributed by atoms with Crippen molar-refractivity contribution in [1.29, 1.82) is 5.26 Å². The van der Waals surface area contributed by atoms with Crippen LogP contribution in [0.3, 0.4) is 0 Å². The van der Waals surface area contributed by atoms with E-state index in [2.05, 4.69) is 9.88 Å². The van der Waals surface area contributed by atoms with E-state index in [-0.39, 0.29) is 11.9 Å². The van der Waals surface area contributed by atoms with Crippen LogP contribution in [-0.4, -0.2) is 64.1 Å². The van der Waals surface area contributed by atoms with Gasteiger partial charge in [0.15, 0.2) is 0 Å². The molecule has 2 saturated heterocycles. The molecule has 0 unspecified atom stereocenters. The largest absolute Gasteiger partial charge is 0.390 e. The van der Waals surface area contributed by atoms with Crippen molar-refractivity contribution in [2.24, 2.45) is 0 Å². The number of carbonyl (C=O) groups excluding carboxylic acids is 1. The monoisotopic (exact) mass is 274 g/mol. The van der Waals surface area contributed by atoms with E-state index in [1.54, 1.807) is 11.0 Å². The van der Waals surface area contributed by atoms with E-state index in [0.717, 1.165) is 13.1 Å². The second-order valence-corrected chi connectivity index (χ2v) is 5.50. The Balaban J connectivity index is 1.69. The van der Waals surface area contributed by atoms with E-state index >= 15 is 0 Å². The number of nitrogens with one attached hydrogen (secondary N) is 1. The minimum Gasteiger partial charge on any atom is -0.390 e. The van der Waals surface area contributed by atoms with E-state index in [1.807, 2.05) is 6.07 Å². The Labute approximate surface area is 117 Å². The molecule has 0 aromatic carbocycles. The summed E-state index contributed by atoms with van der Waals surface area (Å²) in [5.41, 5.74) is 0.861. The zero-order valence-corrected chi connectivity index (χ0v) is 11.2. The average Bonchev–Trinajstić information content (AvgIpc) is 3.17. The maximum absolute atomic E-state index is 12.3. The lowest BCUT2D eigenvalue weighted by Crippen LogP contribution is -2.41. The first-order chi connectivity index (χ1) is 9.69. The van der Waals surface area contributed by atoms with Crippen LogP contribution in [0.15, 0.2) is 12.3 Å². The van der Waals surface area contributed by atoms with Crippen LogP contribution in [0.1, 0.15) is 28.9 Å². The van der Waals surface area contributed by atoms with Crippen molar-refractivity contribution >= 4 is 5.91 Å². The van der Waals surface area contributed by atoms with Crippen molar-refractivity contribution < 1.29 is 9.90 Å². The molecule has 0 spiro atoms. The number of aromatic amines is 1. The van der Waals surface area contributed by atoms with E-state index in [4.69, 9.17) is 5.26 Å². The Morgan fingerprint density at radius 2 is 2.15 bits per heavy atom. The molecule has 0 aliphatic carbocycles. The molecule has 0 saturated carbocycles. The number of carbonyl (C=O) groups is 1. The Morgan fingerprint density at radius 3 is 2.80 bits per heavy atom. The third-order valence-electron chi connectivity index (χ3n) is 4.20. The normalized spacial score (nSPS) is 26.9. The lowest BCUT2D eigenvalue weighted by atomic mass is 10.2. The van der Waals surface area contributed by atoms with Gasteiger partial charge in [0.05, 0.1) is 17.7 Å². The number of hydrogen-bond donors (Lipinski definition) is 2. The summed E-state index contributed by atoms with van der Waals surface area (Å²) < 4.78 is 0. The van der Waals surface area contributed by atoms with Crippen LogP contribution in [0.25, 0.3) is 0 Å². The van der Waals surface area contributed by atoms with Crippen molar-refractivity contribution in [3.05, 3.63) is 23.5 Å². The van der Waals surface area contributed by atoms with Gasteiger partial charge >= 0.3 is 0 Å². The number of hydrogen-bond acceptors (Lipinski definition) is 4. The molecule has 2 atom stereocenters. The zero-order valence-electron chi connectivity index (χ0n) is 11.2. The second kappa shape index (κ2) is 5.27. The summed E-state index contributed by atoms with van der Waals surface area (Å²) in [7, 11) is 0. The summed E-state index contributed by atoms with van der Waals surface area (Å²) in [5, 5.41) is 19.0. The first kappa shape index (κ1) is 13.2. The number of H-pyrrole nitrogens is 1. The number of aromatic nitrogens is 1. The van der Waals surface area contributed by atoms with Crippen LogP contribution in [0.2, 0.25) is 0 Å². The molecule has 0 bridgehead atoms. The van der Waals surface area contributed by atoms with Crippen molar-refractivity contribution in [3.8, 4) is 6.07 Å². The summed E-state index contributed by atoms with van der Waals surface area (Å²) in [4.78, 5) is 19.1. The third kappa shape index (κ3) is 2.30. The fourth-order valence-corrected chi connectivity index (χ4v) is 3.12. The molecule has 2 aliphatic rings. The van der Waals surface area contributed by atoms with Gasteiger partial charge < -0.3 is 15.0 Å². The minimum absolute atomic E-state index is 0.0480. The Bertz CT molecular complexity index is 542. The van der Waals surface area contributed by atoms with Gasteiger partial charge in [-0.3, -0.25) is 9.69 Å². The molecular weight excluding hydrogens is 256 g/mol. The SMILES string of the molecule is N#Cc1c[nH]c(C(=O)N2C[C@H](O)[C@@H](N3CCCC3)C2)c1. The molecule has 2 aliphatic heterocycles. The third-order valence-corrected chi connectivity index (χ3v) is 4.20. The fraction of sp³-hybridized carbons (Fsp3) is 0.571. The summed E-state index contributed by atoms with van der Waals surface area (Å²) in [6.07, 6.45) is 3.37. The highest BCUT2D eigenvalue weighted by Crippen LogP contribution is 2.22. The van der Waals surface area contributed by atoms with E-state index < -0.39 is 6.10 Å². The molecule has 6 heteroatoms. The number of nitriles is 1. The predicted octanol–water partition coefficient (Wildman–Crippen LogP) is 0.167. The van der Waals surface area contributed by atoms with Crippen LogP contribution < -0.4 is 0 Å². The van der Waals surface area contributed by atoms with Gasteiger partial charge in [-0.1, -0.05) is 0 Å². The lowest BCUT2D eigenvalue weighted by molar-refractivity contribution is 0.0758. The number of aliphatic hydroxyl groups excluding tert-OH is 1. The minimum atomic E-state index is -0.484. The van der Waals surface area contributed by atoms with Crippen molar-refractivity contribution in [2.45, 2.75) is 25.0 Å². The summed E-state index contributed by atoms with van der Waals surface area (Å²) in [6.45, 7) is 2.93.